The van der Waals surface area contributed by atoms with Gasteiger partial charge < -0.3 is 25.5 Å². The number of carbonyl (C=O) groups excluding carboxylic acids is 1. The van der Waals surface area contributed by atoms with E-state index in [2.05, 4.69) is 10.3 Å². The minimum atomic E-state index is -0.167. The molecule has 0 aliphatic heterocycles. The Labute approximate surface area is 117 Å². The van der Waals surface area contributed by atoms with Gasteiger partial charge in [-0.2, -0.15) is 0 Å². The molecule has 2 rings (SSSR count). The number of H-pyrrole nitrogens is 1. The molecule has 1 aromatic carbocycles. The molecular weight excluding hydrogens is 258 g/mol. The lowest BCUT2D eigenvalue weighted by atomic mass is 10.1. The minimum Gasteiger partial charge on any atom is -0.399 e. The van der Waals surface area contributed by atoms with Gasteiger partial charge in [0.25, 0.3) is 5.91 Å². The van der Waals surface area contributed by atoms with Crippen molar-refractivity contribution >= 4 is 22.5 Å². The Balaban J connectivity index is 2.09. The molecule has 1 heterocycles. The Morgan fingerprint density at radius 2 is 2.25 bits per heavy atom. The predicted octanol–water partition coefficient (Wildman–Crippen LogP) is 1.14. The second-order valence-corrected chi connectivity index (χ2v) is 4.53. The molecule has 6 heteroatoms. The molecule has 0 radical (unpaired) electrons. The number of anilines is 1. The third-order valence-corrected chi connectivity index (χ3v) is 3.13. The average Bonchev–Trinajstić information content (AvgIpc) is 2.86. The zero-order valence-electron chi connectivity index (χ0n) is 11.6. The molecule has 0 saturated carbocycles. The van der Waals surface area contributed by atoms with Gasteiger partial charge in [0.05, 0.1) is 18.3 Å². The fourth-order valence-electron chi connectivity index (χ4n) is 2.02. The van der Waals surface area contributed by atoms with Gasteiger partial charge in [0.1, 0.15) is 0 Å². The molecule has 2 aromatic rings. The van der Waals surface area contributed by atoms with Crippen molar-refractivity contribution in [3.63, 3.8) is 0 Å². The first-order chi connectivity index (χ1) is 9.65. The van der Waals surface area contributed by atoms with Crippen molar-refractivity contribution in [2.45, 2.75) is 6.10 Å². The van der Waals surface area contributed by atoms with Gasteiger partial charge >= 0.3 is 0 Å². The zero-order valence-corrected chi connectivity index (χ0v) is 11.6. The standard InChI is InChI=1S/C14H19N3O3/c1-19-8-10(20-2)6-17-14(18)12-7-16-13-4-3-9(15)5-11(12)13/h3-5,7,10,16H,6,8,15H2,1-2H3,(H,17,18). The van der Waals surface area contributed by atoms with Crippen LogP contribution in [0.1, 0.15) is 10.4 Å². The van der Waals surface area contributed by atoms with Gasteiger partial charge in [0.15, 0.2) is 0 Å². The van der Waals surface area contributed by atoms with E-state index in [0.29, 0.717) is 24.4 Å². The van der Waals surface area contributed by atoms with Crippen molar-refractivity contribution in [2.75, 3.05) is 33.1 Å². The van der Waals surface area contributed by atoms with Crippen molar-refractivity contribution in [3.05, 3.63) is 30.0 Å². The first-order valence-electron chi connectivity index (χ1n) is 6.32. The number of methoxy groups -OCH3 is 2. The Hall–Kier alpha value is -2.05. The molecule has 108 valence electrons. The summed E-state index contributed by atoms with van der Waals surface area (Å²) in [7, 11) is 3.18. The monoisotopic (exact) mass is 277 g/mol. The van der Waals surface area contributed by atoms with Crippen LogP contribution in [0.3, 0.4) is 0 Å². The van der Waals surface area contributed by atoms with Crippen LogP contribution in [-0.2, 0) is 9.47 Å². The van der Waals surface area contributed by atoms with E-state index in [4.69, 9.17) is 15.2 Å². The van der Waals surface area contributed by atoms with Crippen LogP contribution in [0.4, 0.5) is 5.69 Å². The topological polar surface area (TPSA) is 89.4 Å². The van der Waals surface area contributed by atoms with E-state index in [1.165, 1.54) is 0 Å². The quantitative estimate of drug-likeness (QED) is 0.691. The summed E-state index contributed by atoms with van der Waals surface area (Å²) in [4.78, 5) is 15.2. The number of nitrogen functional groups attached to an aromatic ring is 1. The lowest BCUT2D eigenvalue weighted by Gasteiger charge is -2.14. The van der Waals surface area contributed by atoms with Crippen LogP contribution in [-0.4, -0.2) is 44.4 Å². The number of benzene rings is 1. The fraction of sp³-hybridized carbons (Fsp3) is 0.357. The summed E-state index contributed by atoms with van der Waals surface area (Å²) in [6, 6.07) is 5.42. The summed E-state index contributed by atoms with van der Waals surface area (Å²) in [5.74, 6) is -0.167. The van der Waals surface area contributed by atoms with Gasteiger partial charge in [-0.05, 0) is 18.2 Å². The van der Waals surface area contributed by atoms with E-state index in [9.17, 15) is 4.79 Å². The highest BCUT2D eigenvalue weighted by Crippen LogP contribution is 2.20. The highest BCUT2D eigenvalue weighted by Gasteiger charge is 2.14. The molecule has 1 unspecified atom stereocenters. The van der Waals surface area contributed by atoms with Crippen molar-refractivity contribution < 1.29 is 14.3 Å². The summed E-state index contributed by atoms with van der Waals surface area (Å²) < 4.78 is 10.2. The molecule has 0 fully saturated rings. The highest BCUT2D eigenvalue weighted by atomic mass is 16.5. The second kappa shape index (κ2) is 6.40. The number of ether oxygens (including phenoxy) is 2. The maximum atomic E-state index is 12.2. The number of amides is 1. The molecule has 1 atom stereocenters. The van der Waals surface area contributed by atoms with E-state index < -0.39 is 0 Å². The third-order valence-electron chi connectivity index (χ3n) is 3.13. The van der Waals surface area contributed by atoms with E-state index in [1.54, 1.807) is 32.5 Å². The van der Waals surface area contributed by atoms with Crippen molar-refractivity contribution in [1.29, 1.82) is 0 Å². The maximum absolute atomic E-state index is 12.2. The molecule has 0 saturated heterocycles. The van der Waals surface area contributed by atoms with E-state index in [-0.39, 0.29) is 12.0 Å². The lowest BCUT2D eigenvalue weighted by Crippen LogP contribution is -2.35. The van der Waals surface area contributed by atoms with E-state index in [1.807, 2.05) is 6.07 Å². The molecule has 4 N–H and O–H groups in total. The molecule has 0 bridgehead atoms. The van der Waals surface area contributed by atoms with Gasteiger partial charge in [-0.3, -0.25) is 4.79 Å². The van der Waals surface area contributed by atoms with Crippen molar-refractivity contribution in [3.8, 4) is 0 Å². The van der Waals surface area contributed by atoms with Gasteiger partial charge in [-0.25, -0.2) is 0 Å². The minimum absolute atomic E-state index is 0.167. The molecule has 0 aliphatic rings. The Kier molecular flexibility index (Phi) is 4.60. The first kappa shape index (κ1) is 14.4. The van der Waals surface area contributed by atoms with Crippen LogP contribution in [0.25, 0.3) is 10.9 Å². The van der Waals surface area contributed by atoms with E-state index in [0.717, 1.165) is 10.9 Å². The molecular formula is C14H19N3O3. The molecule has 6 nitrogen and oxygen atoms in total. The number of carbonyl (C=O) groups is 1. The average molecular weight is 277 g/mol. The van der Waals surface area contributed by atoms with Crippen molar-refractivity contribution in [1.82, 2.24) is 10.3 Å². The zero-order chi connectivity index (χ0) is 14.5. The normalized spacial score (nSPS) is 12.5. The number of nitrogens with one attached hydrogen (secondary N) is 2. The number of aromatic amines is 1. The highest BCUT2D eigenvalue weighted by molar-refractivity contribution is 6.07. The van der Waals surface area contributed by atoms with E-state index >= 15 is 0 Å². The van der Waals surface area contributed by atoms with Crippen LogP contribution >= 0.6 is 0 Å². The van der Waals surface area contributed by atoms with Gasteiger partial charge in [0, 0.05) is 43.6 Å². The first-order valence-corrected chi connectivity index (χ1v) is 6.32. The Morgan fingerprint density at radius 1 is 1.45 bits per heavy atom. The number of hydrogen-bond acceptors (Lipinski definition) is 4. The summed E-state index contributed by atoms with van der Waals surface area (Å²) in [6.45, 7) is 0.815. The third kappa shape index (κ3) is 3.09. The summed E-state index contributed by atoms with van der Waals surface area (Å²) in [6.07, 6.45) is 1.51. The molecule has 1 aromatic heterocycles. The SMILES string of the molecule is COCC(CNC(=O)c1c[nH]c2ccc(N)cc12)OC. The number of fused-ring (bicyclic) bond motifs is 1. The van der Waals surface area contributed by atoms with Gasteiger partial charge in [0.2, 0.25) is 0 Å². The summed E-state index contributed by atoms with van der Waals surface area (Å²) in [5.41, 5.74) is 7.83. The molecule has 1 amide bonds. The fourth-order valence-corrected chi connectivity index (χ4v) is 2.02. The summed E-state index contributed by atoms with van der Waals surface area (Å²) in [5, 5.41) is 3.64. The summed E-state index contributed by atoms with van der Waals surface area (Å²) >= 11 is 0. The van der Waals surface area contributed by atoms with Crippen LogP contribution in [0.2, 0.25) is 0 Å². The molecule has 0 spiro atoms. The van der Waals surface area contributed by atoms with Gasteiger partial charge in [-0.1, -0.05) is 0 Å². The van der Waals surface area contributed by atoms with Crippen LogP contribution < -0.4 is 11.1 Å². The largest absolute Gasteiger partial charge is 0.399 e. The number of rotatable bonds is 6. The molecule has 20 heavy (non-hydrogen) atoms. The van der Waals surface area contributed by atoms with Gasteiger partial charge in [-0.15, -0.1) is 0 Å². The van der Waals surface area contributed by atoms with Crippen LogP contribution in [0.5, 0.6) is 0 Å². The number of hydrogen-bond donors (Lipinski definition) is 3. The maximum Gasteiger partial charge on any atom is 0.253 e. The van der Waals surface area contributed by atoms with Crippen molar-refractivity contribution in [2.24, 2.45) is 0 Å². The van der Waals surface area contributed by atoms with Crippen LogP contribution in [0.15, 0.2) is 24.4 Å². The lowest BCUT2D eigenvalue weighted by molar-refractivity contribution is 0.0285. The van der Waals surface area contributed by atoms with Crippen LogP contribution in [0, 0.1) is 0 Å². The second-order valence-electron chi connectivity index (χ2n) is 4.53. The Morgan fingerprint density at radius 3 is 2.95 bits per heavy atom. The Bertz CT molecular complexity index is 594. The number of nitrogens with two attached hydrogens (primary N) is 1. The smallest absolute Gasteiger partial charge is 0.253 e. The predicted molar refractivity (Wildman–Crippen MR) is 77.7 cm³/mol. The number of aromatic nitrogens is 1. The molecule has 0 aliphatic carbocycles.